The van der Waals surface area contributed by atoms with E-state index < -0.39 is 70.7 Å². The lowest BCUT2D eigenvalue weighted by Crippen LogP contribution is -2.46. The van der Waals surface area contributed by atoms with Crippen LogP contribution in [0.15, 0.2) is 35.3 Å². The molecule has 3 aromatic rings. The van der Waals surface area contributed by atoms with Crippen LogP contribution in [0.1, 0.15) is 91.9 Å². The third-order valence-electron chi connectivity index (χ3n) is 10.1. The molecule has 8 nitrogen and oxygen atoms in total. The number of benzene rings is 2. The van der Waals surface area contributed by atoms with Crippen LogP contribution in [-0.4, -0.2) is 58.3 Å². The van der Waals surface area contributed by atoms with E-state index >= 15 is 8.78 Å². The molecule has 4 atom stereocenters. The Morgan fingerprint density at radius 1 is 1.02 bits per heavy atom. The normalized spacial score (nSPS) is 18.3. The van der Waals surface area contributed by atoms with E-state index in [1.165, 1.54) is 20.8 Å². The summed E-state index contributed by atoms with van der Waals surface area (Å²) in [5, 5.41) is 12.3. The fourth-order valence-electron chi connectivity index (χ4n) is 7.82. The molecule has 2 aliphatic rings. The molecule has 1 amide bonds. The molecule has 5 rings (SSSR count). The quantitative estimate of drug-likeness (QED) is 0.149. The predicted octanol–water partition coefficient (Wildman–Crippen LogP) is 7.26. The minimum atomic E-state index is -4.87. The van der Waals surface area contributed by atoms with Crippen molar-refractivity contribution in [2.75, 3.05) is 19.8 Å². The number of morpholine rings is 1. The highest BCUT2D eigenvalue weighted by molar-refractivity contribution is 5.83. The molecular weight excluding hydrogens is 716 g/mol. The van der Waals surface area contributed by atoms with Gasteiger partial charge < -0.3 is 19.7 Å². The number of nitrogens with one attached hydrogen (secondary N) is 1. The smallest absolute Gasteiger partial charge is 0.416 e. The Bertz CT molecular complexity index is 2010. The lowest BCUT2D eigenvalue weighted by molar-refractivity contribution is -0.139. The molecule has 2 N–H and O–H groups in total. The summed E-state index contributed by atoms with van der Waals surface area (Å²) in [6, 6.07) is 0.480. The van der Waals surface area contributed by atoms with Gasteiger partial charge in [0.1, 0.15) is 23.5 Å². The highest BCUT2D eigenvalue weighted by atomic mass is 19.4. The Balaban J connectivity index is 1.58. The van der Waals surface area contributed by atoms with Crippen molar-refractivity contribution in [2.45, 2.75) is 97.1 Å². The first kappa shape index (κ1) is 40.6. The first-order valence-corrected chi connectivity index (χ1v) is 17.8. The summed E-state index contributed by atoms with van der Waals surface area (Å²) in [6.07, 6.45) is -3.32. The Hall–Kier alpha value is -4.61. The van der Waals surface area contributed by atoms with Gasteiger partial charge in [-0.2, -0.15) is 13.2 Å². The number of ether oxygens (including phenoxy) is 1. The van der Waals surface area contributed by atoms with Crippen molar-refractivity contribution in [3.05, 3.63) is 91.6 Å². The van der Waals surface area contributed by atoms with Gasteiger partial charge in [0.25, 0.3) is 5.56 Å². The number of nitrogens with zero attached hydrogens (tertiary/aromatic N) is 2. The van der Waals surface area contributed by atoms with Crippen LogP contribution < -0.4 is 10.9 Å². The van der Waals surface area contributed by atoms with E-state index in [2.05, 4.69) is 22.1 Å². The van der Waals surface area contributed by atoms with Crippen molar-refractivity contribution in [1.82, 2.24) is 14.8 Å². The number of carboxylic acids is 1. The van der Waals surface area contributed by atoms with Crippen LogP contribution in [0.25, 0.3) is 11.1 Å². The van der Waals surface area contributed by atoms with Crippen molar-refractivity contribution < 1.29 is 45.8 Å². The lowest BCUT2D eigenvalue weighted by atomic mass is 9.88. The van der Waals surface area contributed by atoms with Crippen LogP contribution >= 0.6 is 0 Å². The first-order chi connectivity index (χ1) is 25.4. The fourth-order valence-corrected chi connectivity index (χ4v) is 7.82. The van der Waals surface area contributed by atoms with Gasteiger partial charge in [-0.1, -0.05) is 19.8 Å². The average molecular weight is 760 g/mol. The number of carbonyl (C=O) groups excluding carboxylic acids is 1. The number of fused-ring (bicyclic) bond motifs is 2. The summed E-state index contributed by atoms with van der Waals surface area (Å²) in [5.41, 5.74) is -2.83. The van der Waals surface area contributed by atoms with Crippen LogP contribution in [-0.2, 0) is 26.9 Å². The van der Waals surface area contributed by atoms with E-state index in [1.807, 2.05) is 0 Å². The second kappa shape index (κ2) is 16.4. The Morgan fingerprint density at radius 3 is 2.20 bits per heavy atom. The molecule has 2 unspecified atom stereocenters. The Labute approximate surface area is 309 Å². The number of hydrogen-bond donors (Lipinski definition) is 2. The predicted molar refractivity (Wildman–Crippen MR) is 189 cm³/mol. The number of halogens is 6. The number of aryl methyl sites for hydroxylation is 2. The van der Waals surface area contributed by atoms with Crippen molar-refractivity contribution in [2.24, 2.45) is 5.92 Å². The van der Waals surface area contributed by atoms with E-state index in [9.17, 15) is 37.1 Å². The summed E-state index contributed by atoms with van der Waals surface area (Å²) in [7, 11) is 0. The van der Waals surface area contributed by atoms with Crippen molar-refractivity contribution >= 4 is 11.9 Å². The first-order valence-electron chi connectivity index (χ1n) is 17.8. The zero-order chi connectivity index (χ0) is 39.6. The van der Waals surface area contributed by atoms with Gasteiger partial charge in [-0.05, 0) is 92.8 Å². The van der Waals surface area contributed by atoms with Gasteiger partial charge in [-0.3, -0.25) is 19.3 Å². The Morgan fingerprint density at radius 2 is 1.65 bits per heavy atom. The molecule has 2 saturated heterocycles. The molecule has 0 saturated carbocycles. The second-order valence-corrected chi connectivity index (χ2v) is 14.5. The molecular formula is C40H43F6N3O5. The van der Waals surface area contributed by atoms with E-state index in [4.69, 9.17) is 4.74 Å². The van der Waals surface area contributed by atoms with Gasteiger partial charge in [0.2, 0.25) is 5.91 Å². The number of carboxylic acid groups (broad SMARTS) is 1. The maximum Gasteiger partial charge on any atom is 0.416 e. The number of alkyl halides is 3. The molecule has 1 aromatic heterocycles. The number of aliphatic carboxylic acids is 1. The summed E-state index contributed by atoms with van der Waals surface area (Å²) >= 11 is 0. The number of aromatic nitrogens is 1. The molecule has 2 aromatic carbocycles. The van der Waals surface area contributed by atoms with Gasteiger partial charge in [0.05, 0.1) is 31.2 Å². The molecule has 0 aliphatic carbocycles. The largest absolute Gasteiger partial charge is 0.481 e. The monoisotopic (exact) mass is 759 g/mol. The number of hydrogen-bond acceptors (Lipinski definition) is 5. The highest BCUT2D eigenvalue weighted by Crippen LogP contribution is 2.39. The van der Waals surface area contributed by atoms with Gasteiger partial charge in [0, 0.05) is 47.6 Å². The maximum absolute atomic E-state index is 16.8. The van der Waals surface area contributed by atoms with Gasteiger partial charge in [-0.25, -0.2) is 13.2 Å². The molecule has 14 heteroatoms. The van der Waals surface area contributed by atoms with Gasteiger partial charge >= 0.3 is 12.1 Å². The minimum absolute atomic E-state index is 0.0647. The molecule has 0 spiro atoms. The van der Waals surface area contributed by atoms with Gasteiger partial charge in [0.15, 0.2) is 0 Å². The third kappa shape index (κ3) is 8.68. The summed E-state index contributed by atoms with van der Waals surface area (Å²) in [5.74, 6) is -0.677. The van der Waals surface area contributed by atoms with Crippen LogP contribution in [0, 0.1) is 49.1 Å². The van der Waals surface area contributed by atoms with Crippen LogP contribution in [0.2, 0.25) is 0 Å². The average Bonchev–Trinajstić information content (AvgIpc) is 3.27. The van der Waals surface area contributed by atoms with Crippen LogP contribution in [0.4, 0.5) is 26.3 Å². The highest BCUT2D eigenvalue weighted by Gasteiger charge is 2.39. The SMILES string of the molecule is CC#Cc1cc(F)c([C@H](CC(=O)O)NC(=O)[C@@H](CC(C)C)n2cc(CCN3C4CCC3COC4)c(C(F)(F)F)cc2=O)c(F)c1-c1c(C)cc(F)cc1C. The number of amides is 1. The van der Waals surface area contributed by atoms with Crippen molar-refractivity contribution in [1.29, 1.82) is 0 Å². The maximum atomic E-state index is 16.8. The molecule has 54 heavy (non-hydrogen) atoms. The number of carbonyl (C=O) groups is 2. The minimum Gasteiger partial charge on any atom is -0.481 e. The Kier molecular flexibility index (Phi) is 12.3. The molecule has 2 aliphatic heterocycles. The van der Waals surface area contributed by atoms with Gasteiger partial charge in [-0.15, -0.1) is 5.92 Å². The number of pyridine rings is 1. The lowest BCUT2D eigenvalue weighted by Gasteiger charge is -2.34. The van der Waals surface area contributed by atoms with E-state index in [0.29, 0.717) is 19.3 Å². The van der Waals surface area contributed by atoms with Crippen molar-refractivity contribution in [3.8, 4) is 23.0 Å². The number of rotatable bonds is 12. The molecule has 3 heterocycles. The second-order valence-electron chi connectivity index (χ2n) is 14.5. The van der Waals surface area contributed by atoms with E-state index in [0.717, 1.165) is 41.8 Å². The van der Waals surface area contributed by atoms with Crippen molar-refractivity contribution in [3.63, 3.8) is 0 Å². The summed E-state index contributed by atoms with van der Waals surface area (Å²) < 4.78 is 96.4. The van der Waals surface area contributed by atoms with Crippen LogP contribution in [0.3, 0.4) is 0 Å². The zero-order valence-corrected chi connectivity index (χ0v) is 30.7. The topological polar surface area (TPSA) is 101 Å². The summed E-state index contributed by atoms with van der Waals surface area (Å²) in [4.78, 5) is 41.8. The van der Waals surface area contributed by atoms with Crippen LogP contribution in [0.5, 0.6) is 0 Å². The van der Waals surface area contributed by atoms with E-state index in [-0.39, 0.29) is 70.8 Å². The molecule has 2 fully saturated rings. The standard InChI is InChI=1S/C40H43F6N3O5/c1-6-7-24-15-30(42)37(38(43)36(24)35-22(4)13-26(41)14-23(35)5)31(17-34(51)52)47-39(53)32(12-21(2)3)49-18-25(29(16-33(49)50)40(44,45)46)10-11-48-27-8-9-28(48)20-54-19-27/h13-16,18,21,27-28,31-32H,8-12,17,19-20H2,1-5H3,(H,47,53)(H,51,52)/t27?,28?,31-,32+/m0/s1. The molecule has 2 bridgehead atoms. The summed E-state index contributed by atoms with van der Waals surface area (Å²) in [6.45, 7) is 9.11. The van der Waals surface area contributed by atoms with E-state index in [1.54, 1.807) is 13.8 Å². The fraction of sp³-hybridized carbons (Fsp3) is 0.475. The third-order valence-corrected chi connectivity index (χ3v) is 10.1. The molecule has 0 radical (unpaired) electrons. The zero-order valence-electron chi connectivity index (χ0n) is 30.7. The molecule has 290 valence electrons.